The molecule has 202 valence electrons. The number of carbonyl (C=O) groups is 1. The van der Waals surface area contributed by atoms with Crippen LogP contribution in [0.3, 0.4) is 0 Å². The quantitative estimate of drug-likeness (QED) is 0.192. The Labute approximate surface area is 238 Å². The summed E-state index contributed by atoms with van der Waals surface area (Å²) in [7, 11) is 3.19. The van der Waals surface area contributed by atoms with Gasteiger partial charge in [-0.3, -0.25) is 4.79 Å². The molecule has 0 fully saturated rings. The highest BCUT2D eigenvalue weighted by Gasteiger charge is 2.17. The highest BCUT2D eigenvalue weighted by atomic mass is 79.9. The fourth-order valence-corrected chi connectivity index (χ4v) is 4.52. The second-order valence-electron chi connectivity index (χ2n) is 8.87. The third-order valence-corrected chi connectivity index (χ3v) is 6.91. The molecule has 4 rings (SSSR count). The second kappa shape index (κ2) is 14.3. The van der Waals surface area contributed by atoms with E-state index in [0.29, 0.717) is 43.4 Å². The van der Waals surface area contributed by atoms with Gasteiger partial charge in [0.2, 0.25) is 11.7 Å². The van der Waals surface area contributed by atoms with Crippen molar-refractivity contribution in [1.29, 1.82) is 0 Å². The molecule has 0 aliphatic carbocycles. The number of carbonyl (C=O) groups excluding carboxylic acids is 1. The molecule has 39 heavy (non-hydrogen) atoms. The van der Waals surface area contributed by atoms with Gasteiger partial charge in [-0.1, -0.05) is 82.7 Å². The van der Waals surface area contributed by atoms with Gasteiger partial charge in [0.1, 0.15) is 19.0 Å². The molecule has 0 spiro atoms. The van der Waals surface area contributed by atoms with E-state index in [4.69, 9.17) is 18.9 Å². The fourth-order valence-electron chi connectivity index (χ4n) is 4.14. The van der Waals surface area contributed by atoms with Crippen LogP contribution in [0.15, 0.2) is 95.5 Å². The van der Waals surface area contributed by atoms with Gasteiger partial charge in [-0.15, -0.1) is 0 Å². The molecule has 0 heterocycles. The van der Waals surface area contributed by atoms with Gasteiger partial charge in [-0.2, -0.15) is 0 Å². The minimum atomic E-state index is -0.0790. The van der Waals surface area contributed by atoms with E-state index in [0.717, 1.165) is 32.5 Å². The zero-order valence-corrected chi connectivity index (χ0v) is 23.7. The first-order valence-electron chi connectivity index (χ1n) is 12.7. The van der Waals surface area contributed by atoms with E-state index >= 15 is 0 Å². The molecule has 0 saturated heterocycles. The summed E-state index contributed by atoms with van der Waals surface area (Å²) >= 11 is 3.55. The first-order valence-corrected chi connectivity index (χ1v) is 13.5. The molecule has 7 heteroatoms. The maximum Gasteiger partial charge on any atom is 0.224 e. The van der Waals surface area contributed by atoms with Crippen molar-refractivity contribution in [3.63, 3.8) is 0 Å². The molecule has 6 nitrogen and oxygen atoms in total. The van der Waals surface area contributed by atoms with Gasteiger partial charge in [0.15, 0.2) is 11.5 Å². The van der Waals surface area contributed by atoms with Gasteiger partial charge in [0.05, 0.1) is 20.6 Å². The largest absolute Gasteiger partial charge is 0.492 e. The van der Waals surface area contributed by atoms with Gasteiger partial charge >= 0.3 is 0 Å². The fraction of sp³-hybridized carbons (Fsp3) is 0.219. The van der Waals surface area contributed by atoms with Crippen molar-refractivity contribution in [1.82, 2.24) is 5.32 Å². The molecule has 0 aromatic heterocycles. The van der Waals surface area contributed by atoms with Crippen molar-refractivity contribution >= 4 is 21.8 Å². The predicted molar refractivity (Wildman–Crippen MR) is 156 cm³/mol. The van der Waals surface area contributed by atoms with E-state index in [1.807, 2.05) is 91.0 Å². The normalized spacial score (nSPS) is 10.5. The number of rotatable bonds is 13. The average molecular weight is 591 g/mol. The first kappa shape index (κ1) is 28.0. The van der Waals surface area contributed by atoms with Gasteiger partial charge < -0.3 is 24.3 Å². The number of hydrogen-bond acceptors (Lipinski definition) is 5. The minimum Gasteiger partial charge on any atom is -0.492 e. The zero-order chi connectivity index (χ0) is 27.5. The zero-order valence-electron chi connectivity index (χ0n) is 22.1. The SMILES string of the molecule is COc1c(CCNC(=O)Cc2cc(OCc3ccccc3)ccc2Br)ccc(OCc2ccccc2)c1OC. The minimum absolute atomic E-state index is 0.0790. The standard InChI is InChI=1S/C32H32BrNO5/c1-36-31-25(13-16-29(32(31)37-2)39-22-24-11-7-4-8-12-24)17-18-34-30(35)20-26-19-27(14-15-28(26)33)38-21-23-9-5-3-6-10-23/h3-16,19H,17-18,20-22H2,1-2H3,(H,34,35). The molecule has 1 N–H and O–H groups in total. The Hall–Kier alpha value is -3.97. The third kappa shape index (κ3) is 8.01. The molecular formula is C32H32BrNO5. The van der Waals surface area contributed by atoms with Crippen LogP contribution in [0.2, 0.25) is 0 Å². The van der Waals surface area contributed by atoms with Crippen molar-refractivity contribution in [2.45, 2.75) is 26.1 Å². The lowest BCUT2D eigenvalue weighted by atomic mass is 10.1. The maximum atomic E-state index is 12.7. The second-order valence-corrected chi connectivity index (χ2v) is 9.72. The Balaban J connectivity index is 1.32. The van der Waals surface area contributed by atoms with Crippen LogP contribution < -0.4 is 24.3 Å². The molecule has 0 atom stereocenters. The third-order valence-electron chi connectivity index (χ3n) is 6.14. The maximum absolute atomic E-state index is 12.7. The molecule has 4 aromatic rings. The Morgan fingerprint density at radius 3 is 2.03 bits per heavy atom. The van der Waals surface area contributed by atoms with Crippen molar-refractivity contribution < 1.29 is 23.7 Å². The Morgan fingerprint density at radius 1 is 0.744 bits per heavy atom. The van der Waals surface area contributed by atoms with Gasteiger partial charge in [0.25, 0.3) is 0 Å². The molecule has 0 bridgehead atoms. The highest BCUT2D eigenvalue weighted by molar-refractivity contribution is 9.10. The topological polar surface area (TPSA) is 66.0 Å². The van der Waals surface area contributed by atoms with Crippen LogP contribution in [0.5, 0.6) is 23.0 Å². The number of ether oxygens (including phenoxy) is 4. The lowest BCUT2D eigenvalue weighted by Crippen LogP contribution is -2.27. The Morgan fingerprint density at radius 2 is 1.38 bits per heavy atom. The summed E-state index contributed by atoms with van der Waals surface area (Å²) in [5.41, 5.74) is 3.92. The summed E-state index contributed by atoms with van der Waals surface area (Å²) in [6.07, 6.45) is 0.807. The summed E-state index contributed by atoms with van der Waals surface area (Å²) in [6.45, 7) is 1.34. The summed E-state index contributed by atoms with van der Waals surface area (Å²) in [5, 5.41) is 3.01. The molecule has 0 saturated carbocycles. The number of hydrogen-bond donors (Lipinski definition) is 1. The van der Waals surface area contributed by atoms with Crippen molar-refractivity contribution in [2.24, 2.45) is 0 Å². The number of halogens is 1. The summed E-state index contributed by atoms with van der Waals surface area (Å²) in [4.78, 5) is 12.7. The molecule has 4 aromatic carbocycles. The van der Waals surface area contributed by atoms with Gasteiger partial charge in [-0.25, -0.2) is 0 Å². The number of benzene rings is 4. The summed E-state index contributed by atoms with van der Waals surface area (Å²) in [6, 6.07) is 29.4. The molecule has 1 amide bonds. The number of methoxy groups -OCH3 is 2. The first-order chi connectivity index (χ1) is 19.1. The Bertz CT molecular complexity index is 1360. The van der Waals surface area contributed by atoms with Gasteiger partial charge in [0, 0.05) is 16.6 Å². The smallest absolute Gasteiger partial charge is 0.224 e. The van der Waals surface area contributed by atoms with Crippen LogP contribution in [-0.4, -0.2) is 26.7 Å². The van der Waals surface area contributed by atoms with Crippen LogP contribution in [-0.2, 0) is 30.8 Å². The summed E-state index contributed by atoms with van der Waals surface area (Å²) in [5.74, 6) is 2.38. The van der Waals surface area contributed by atoms with Gasteiger partial charge in [-0.05, 0) is 47.4 Å². The lowest BCUT2D eigenvalue weighted by molar-refractivity contribution is -0.120. The van der Waals surface area contributed by atoms with Crippen molar-refractivity contribution in [3.05, 3.63) is 118 Å². The molecular weight excluding hydrogens is 558 g/mol. The highest BCUT2D eigenvalue weighted by Crippen LogP contribution is 2.40. The monoisotopic (exact) mass is 589 g/mol. The molecule has 0 radical (unpaired) electrons. The van der Waals surface area contributed by atoms with Crippen LogP contribution in [0.1, 0.15) is 22.3 Å². The van der Waals surface area contributed by atoms with Crippen molar-refractivity contribution in [3.8, 4) is 23.0 Å². The van der Waals surface area contributed by atoms with E-state index in [-0.39, 0.29) is 12.3 Å². The lowest BCUT2D eigenvalue weighted by Gasteiger charge is -2.17. The molecule has 0 aliphatic heterocycles. The molecule has 0 aliphatic rings. The van der Waals surface area contributed by atoms with Crippen LogP contribution in [0.25, 0.3) is 0 Å². The Kier molecular flexibility index (Phi) is 10.3. The van der Waals surface area contributed by atoms with Crippen molar-refractivity contribution in [2.75, 3.05) is 20.8 Å². The van der Waals surface area contributed by atoms with Crippen LogP contribution >= 0.6 is 15.9 Å². The van der Waals surface area contributed by atoms with E-state index in [9.17, 15) is 4.79 Å². The summed E-state index contributed by atoms with van der Waals surface area (Å²) < 4.78 is 24.1. The van der Waals surface area contributed by atoms with E-state index in [1.54, 1.807) is 14.2 Å². The number of amides is 1. The van der Waals surface area contributed by atoms with E-state index in [2.05, 4.69) is 21.2 Å². The van der Waals surface area contributed by atoms with E-state index in [1.165, 1.54) is 0 Å². The number of nitrogens with one attached hydrogen (secondary N) is 1. The predicted octanol–water partition coefficient (Wildman–Crippen LogP) is 6.53. The van der Waals surface area contributed by atoms with Crippen LogP contribution in [0, 0.1) is 0 Å². The van der Waals surface area contributed by atoms with Crippen LogP contribution in [0.4, 0.5) is 0 Å². The van der Waals surface area contributed by atoms with E-state index < -0.39 is 0 Å². The molecule has 0 unspecified atom stereocenters. The average Bonchev–Trinajstić information content (AvgIpc) is 2.97.